The highest BCUT2D eigenvalue weighted by Gasteiger charge is 2.13. The van der Waals surface area contributed by atoms with Crippen molar-refractivity contribution in [2.45, 2.75) is 0 Å². The maximum absolute atomic E-state index is 5.51. The zero-order valence-corrected chi connectivity index (χ0v) is 10.3. The molecule has 1 aliphatic heterocycles. The van der Waals surface area contributed by atoms with Gasteiger partial charge in [-0.3, -0.25) is 4.99 Å². The number of nitrogens with zero attached hydrogens (tertiary/aromatic N) is 1. The summed E-state index contributed by atoms with van der Waals surface area (Å²) >= 11 is 0. The van der Waals surface area contributed by atoms with E-state index in [0.717, 1.165) is 11.3 Å². The Morgan fingerprint density at radius 3 is 2.89 bits per heavy atom. The van der Waals surface area contributed by atoms with Crippen LogP contribution < -0.4 is 20.7 Å². The van der Waals surface area contributed by atoms with E-state index < -0.39 is 0 Å². The van der Waals surface area contributed by atoms with Gasteiger partial charge in [0.1, 0.15) is 19.0 Å². The number of fused-ring (bicyclic) bond motifs is 1. The average Bonchev–Trinajstić information content (AvgIpc) is 2.43. The van der Waals surface area contributed by atoms with Crippen molar-refractivity contribution in [3.8, 4) is 11.5 Å². The Kier molecular flexibility index (Phi) is 4.38. The van der Waals surface area contributed by atoms with Crippen LogP contribution in [-0.4, -0.2) is 39.3 Å². The van der Waals surface area contributed by atoms with Crippen molar-refractivity contribution in [1.82, 2.24) is 5.43 Å². The SMILES string of the molecule is COCCN=C(NN)c1ccc2c(c1)OCCO2. The number of aliphatic imine (C=N–C) groups is 1. The van der Waals surface area contributed by atoms with Crippen molar-refractivity contribution < 1.29 is 14.2 Å². The van der Waals surface area contributed by atoms with E-state index in [1.807, 2.05) is 18.2 Å². The number of ether oxygens (including phenoxy) is 3. The number of hydrogen-bond acceptors (Lipinski definition) is 5. The van der Waals surface area contributed by atoms with Gasteiger partial charge in [-0.1, -0.05) is 0 Å². The normalized spacial score (nSPS) is 14.4. The molecule has 0 aromatic heterocycles. The fourth-order valence-corrected chi connectivity index (χ4v) is 1.66. The average molecular weight is 251 g/mol. The van der Waals surface area contributed by atoms with Gasteiger partial charge in [0.05, 0.1) is 13.2 Å². The lowest BCUT2D eigenvalue weighted by Crippen LogP contribution is -2.31. The smallest absolute Gasteiger partial charge is 0.162 e. The van der Waals surface area contributed by atoms with Crippen molar-refractivity contribution in [1.29, 1.82) is 0 Å². The minimum absolute atomic E-state index is 0.546. The molecule has 0 amide bonds. The number of nitrogens with two attached hydrogens (primary N) is 1. The van der Waals surface area contributed by atoms with Gasteiger partial charge in [-0.05, 0) is 18.2 Å². The molecule has 0 bridgehead atoms. The van der Waals surface area contributed by atoms with Crippen LogP contribution >= 0.6 is 0 Å². The van der Waals surface area contributed by atoms with Gasteiger partial charge in [0, 0.05) is 12.7 Å². The molecule has 0 atom stereocenters. The molecular weight excluding hydrogens is 234 g/mol. The Labute approximate surface area is 106 Å². The Balaban J connectivity index is 2.18. The van der Waals surface area contributed by atoms with E-state index in [-0.39, 0.29) is 0 Å². The molecule has 98 valence electrons. The summed E-state index contributed by atoms with van der Waals surface area (Å²) in [5, 5.41) is 0. The van der Waals surface area contributed by atoms with Crippen molar-refractivity contribution >= 4 is 5.84 Å². The number of benzene rings is 1. The highest BCUT2D eigenvalue weighted by atomic mass is 16.6. The fourth-order valence-electron chi connectivity index (χ4n) is 1.66. The van der Waals surface area contributed by atoms with E-state index in [2.05, 4.69) is 10.4 Å². The predicted molar refractivity (Wildman–Crippen MR) is 68.0 cm³/mol. The van der Waals surface area contributed by atoms with Crippen LogP contribution in [0.25, 0.3) is 0 Å². The molecule has 0 radical (unpaired) electrons. The van der Waals surface area contributed by atoms with Crippen LogP contribution in [0.5, 0.6) is 11.5 Å². The fraction of sp³-hybridized carbons (Fsp3) is 0.417. The summed E-state index contributed by atoms with van der Waals surface area (Å²) in [4.78, 5) is 4.31. The molecule has 3 N–H and O–H groups in total. The van der Waals surface area contributed by atoms with Gasteiger partial charge in [-0.25, -0.2) is 5.84 Å². The third kappa shape index (κ3) is 2.91. The third-order valence-electron chi connectivity index (χ3n) is 2.52. The van der Waals surface area contributed by atoms with Gasteiger partial charge in [0.15, 0.2) is 11.5 Å². The van der Waals surface area contributed by atoms with E-state index in [9.17, 15) is 0 Å². The van der Waals surface area contributed by atoms with E-state index in [0.29, 0.717) is 38.0 Å². The van der Waals surface area contributed by atoms with Gasteiger partial charge in [0.2, 0.25) is 0 Å². The Bertz CT molecular complexity index is 435. The largest absolute Gasteiger partial charge is 0.486 e. The first-order valence-electron chi connectivity index (χ1n) is 5.75. The molecule has 0 saturated carbocycles. The van der Waals surface area contributed by atoms with Gasteiger partial charge in [-0.15, -0.1) is 0 Å². The van der Waals surface area contributed by atoms with Crippen LogP contribution in [0, 0.1) is 0 Å². The summed E-state index contributed by atoms with van der Waals surface area (Å²) in [6.07, 6.45) is 0. The highest BCUT2D eigenvalue weighted by Crippen LogP contribution is 2.30. The zero-order chi connectivity index (χ0) is 12.8. The van der Waals surface area contributed by atoms with Crippen molar-refractivity contribution in [2.75, 3.05) is 33.5 Å². The van der Waals surface area contributed by atoms with Gasteiger partial charge < -0.3 is 19.6 Å². The number of amidine groups is 1. The standard InChI is InChI=1S/C12H17N3O3/c1-16-5-4-14-12(15-13)9-2-3-10-11(8-9)18-7-6-17-10/h2-3,8H,4-7,13H2,1H3,(H,14,15). The first kappa shape index (κ1) is 12.7. The number of hydrazine groups is 1. The van der Waals surface area contributed by atoms with Crippen LogP contribution in [0.15, 0.2) is 23.2 Å². The number of hydrogen-bond donors (Lipinski definition) is 2. The first-order chi connectivity index (χ1) is 8.85. The molecular formula is C12H17N3O3. The number of methoxy groups -OCH3 is 1. The summed E-state index contributed by atoms with van der Waals surface area (Å²) < 4.78 is 15.9. The molecule has 1 heterocycles. The van der Waals surface area contributed by atoms with E-state index in [1.165, 1.54) is 0 Å². The van der Waals surface area contributed by atoms with E-state index >= 15 is 0 Å². The van der Waals surface area contributed by atoms with Crippen molar-refractivity contribution in [2.24, 2.45) is 10.8 Å². The predicted octanol–water partition coefficient (Wildman–Crippen LogP) is 0.314. The van der Waals surface area contributed by atoms with Gasteiger partial charge in [-0.2, -0.15) is 0 Å². The molecule has 1 aromatic rings. The Hall–Kier alpha value is -1.79. The number of nitrogens with one attached hydrogen (secondary N) is 1. The molecule has 1 aromatic carbocycles. The summed E-state index contributed by atoms with van der Waals surface area (Å²) in [5.41, 5.74) is 3.44. The molecule has 0 unspecified atom stereocenters. The Morgan fingerprint density at radius 2 is 2.17 bits per heavy atom. The first-order valence-corrected chi connectivity index (χ1v) is 5.75. The maximum atomic E-state index is 5.51. The van der Waals surface area contributed by atoms with Crippen LogP contribution in [0.3, 0.4) is 0 Å². The lowest BCUT2D eigenvalue weighted by molar-refractivity contribution is 0.171. The summed E-state index contributed by atoms with van der Waals surface area (Å²) in [5.74, 6) is 7.53. The highest BCUT2D eigenvalue weighted by molar-refractivity contribution is 5.99. The monoisotopic (exact) mass is 251 g/mol. The molecule has 0 spiro atoms. The molecule has 0 fully saturated rings. The van der Waals surface area contributed by atoms with Crippen molar-refractivity contribution in [3.63, 3.8) is 0 Å². The number of rotatable bonds is 4. The molecule has 2 rings (SSSR count). The van der Waals surface area contributed by atoms with E-state index in [1.54, 1.807) is 7.11 Å². The molecule has 6 nitrogen and oxygen atoms in total. The molecule has 18 heavy (non-hydrogen) atoms. The lowest BCUT2D eigenvalue weighted by atomic mass is 10.2. The Morgan fingerprint density at radius 1 is 1.39 bits per heavy atom. The maximum Gasteiger partial charge on any atom is 0.162 e. The summed E-state index contributed by atoms with van der Waals surface area (Å²) in [6, 6.07) is 5.60. The second kappa shape index (κ2) is 6.23. The van der Waals surface area contributed by atoms with Gasteiger partial charge >= 0.3 is 0 Å². The second-order valence-corrected chi connectivity index (χ2v) is 3.73. The topological polar surface area (TPSA) is 78.1 Å². The van der Waals surface area contributed by atoms with E-state index in [4.69, 9.17) is 20.1 Å². The minimum atomic E-state index is 0.546. The molecule has 0 saturated heterocycles. The van der Waals surface area contributed by atoms with Gasteiger partial charge in [0.25, 0.3) is 0 Å². The van der Waals surface area contributed by atoms with Crippen LogP contribution in [0.4, 0.5) is 0 Å². The summed E-state index contributed by atoms with van der Waals surface area (Å²) in [6.45, 7) is 2.24. The molecule has 6 heteroatoms. The minimum Gasteiger partial charge on any atom is -0.486 e. The third-order valence-corrected chi connectivity index (χ3v) is 2.52. The second-order valence-electron chi connectivity index (χ2n) is 3.73. The summed E-state index contributed by atoms with van der Waals surface area (Å²) in [7, 11) is 1.63. The van der Waals surface area contributed by atoms with Crippen LogP contribution in [-0.2, 0) is 4.74 Å². The van der Waals surface area contributed by atoms with Crippen LogP contribution in [0.2, 0.25) is 0 Å². The molecule has 1 aliphatic rings. The quantitative estimate of drug-likeness (QED) is 0.265. The lowest BCUT2D eigenvalue weighted by Gasteiger charge is -2.19. The van der Waals surface area contributed by atoms with Crippen molar-refractivity contribution in [3.05, 3.63) is 23.8 Å². The zero-order valence-electron chi connectivity index (χ0n) is 10.3. The van der Waals surface area contributed by atoms with Crippen LogP contribution in [0.1, 0.15) is 5.56 Å². The molecule has 0 aliphatic carbocycles.